The lowest BCUT2D eigenvalue weighted by Crippen LogP contribution is -2.33. The Balaban J connectivity index is 1.45. The molecule has 3 rings (SSSR count). The number of amides is 2. The SMILES string of the molecule is COc1cccc(NC(=O)NCCNc2cc(N3CCCCC3)nc(C)n2)c1. The summed E-state index contributed by atoms with van der Waals surface area (Å²) in [7, 11) is 1.59. The van der Waals surface area contributed by atoms with E-state index in [2.05, 4.69) is 30.8 Å². The summed E-state index contributed by atoms with van der Waals surface area (Å²) in [5.74, 6) is 3.19. The van der Waals surface area contributed by atoms with Crippen molar-refractivity contribution < 1.29 is 9.53 Å². The van der Waals surface area contributed by atoms with Crippen molar-refractivity contribution in [3.05, 3.63) is 36.2 Å². The highest BCUT2D eigenvalue weighted by atomic mass is 16.5. The molecular formula is C20H28N6O2. The smallest absolute Gasteiger partial charge is 0.319 e. The van der Waals surface area contributed by atoms with Gasteiger partial charge in [-0.2, -0.15) is 0 Å². The first-order chi connectivity index (χ1) is 13.6. The van der Waals surface area contributed by atoms with E-state index in [1.165, 1.54) is 19.3 Å². The normalized spacial score (nSPS) is 13.7. The van der Waals surface area contributed by atoms with Crippen molar-refractivity contribution in [1.29, 1.82) is 0 Å². The number of hydrogen-bond donors (Lipinski definition) is 3. The molecule has 1 aliphatic rings. The summed E-state index contributed by atoms with van der Waals surface area (Å²) in [6.45, 7) is 5.03. The molecule has 0 radical (unpaired) electrons. The summed E-state index contributed by atoms with van der Waals surface area (Å²) in [5, 5.41) is 8.87. The first-order valence-corrected chi connectivity index (χ1v) is 9.67. The Kier molecular flexibility index (Phi) is 6.89. The topological polar surface area (TPSA) is 91.4 Å². The predicted octanol–water partition coefficient (Wildman–Crippen LogP) is 3.02. The summed E-state index contributed by atoms with van der Waals surface area (Å²) in [6.07, 6.45) is 3.70. The molecule has 1 saturated heterocycles. The lowest BCUT2D eigenvalue weighted by Gasteiger charge is -2.28. The quantitative estimate of drug-likeness (QED) is 0.636. The van der Waals surface area contributed by atoms with E-state index >= 15 is 0 Å². The van der Waals surface area contributed by atoms with Gasteiger partial charge in [-0.05, 0) is 38.3 Å². The average molecular weight is 384 g/mol. The Morgan fingerprint density at radius 2 is 1.96 bits per heavy atom. The van der Waals surface area contributed by atoms with Gasteiger partial charge in [0.25, 0.3) is 0 Å². The largest absolute Gasteiger partial charge is 0.497 e. The first kappa shape index (κ1) is 19.7. The van der Waals surface area contributed by atoms with Crippen LogP contribution in [-0.4, -0.2) is 49.3 Å². The van der Waals surface area contributed by atoms with Gasteiger partial charge in [0.1, 0.15) is 23.2 Å². The van der Waals surface area contributed by atoms with E-state index in [4.69, 9.17) is 4.74 Å². The van der Waals surface area contributed by atoms with E-state index in [9.17, 15) is 4.79 Å². The monoisotopic (exact) mass is 384 g/mol. The second-order valence-electron chi connectivity index (χ2n) is 6.75. The van der Waals surface area contributed by atoms with Crippen molar-refractivity contribution in [3.63, 3.8) is 0 Å². The number of urea groups is 1. The summed E-state index contributed by atoms with van der Waals surface area (Å²) in [4.78, 5) is 23.3. The number of rotatable bonds is 7. The van der Waals surface area contributed by atoms with Crippen LogP contribution in [0.3, 0.4) is 0 Å². The van der Waals surface area contributed by atoms with E-state index in [1.54, 1.807) is 13.2 Å². The second kappa shape index (κ2) is 9.77. The number of aromatic nitrogens is 2. The molecule has 8 heteroatoms. The molecule has 0 bridgehead atoms. The molecule has 1 aromatic heterocycles. The van der Waals surface area contributed by atoms with Crippen molar-refractivity contribution in [2.45, 2.75) is 26.2 Å². The molecule has 8 nitrogen and oxygen atoms in total. The summed E-state index contributed by atoms with van der Waals surface area (Å²) in [5.41, 5.74) is 0.683. The highest BCUT2D eigenvalue weighted by Crippen LogP contribution is 2.20. The molecular weight excluding hydrogens is 356 g/mol. The van der Waals surface area contributed by atoms with Crippen LogP contribution in [0.15, 0.2) is 30.3 Å². The minimum absolute atomic E-state index is 0.261. The molecule has 0 saturated carbocycles. The van der Waals surface area contributed by atoms with Gasteiger partial charge in [0.2, 0.25) is 0 Å². The maximum Gasteiger partial charge on any atom is 0.319 e. The predicted molar refractivity (Wildman–Crippen MR) is 111 cm³/mol. The zero-order chi connectivity index (χ0) is 19.8. The third-order valence-corrected chi connectivity index (χ3v) is 4.55. The highest BCUT2D eigenvalue weighted by Gasteiger charge is 2.13. The van der Waals surface area contributed by atoms with Gasteiger partial charge in [0, 0.05) is 44.0 Å². The summed E-state index contributed by atoms with van der Waals surface area (Å²) >= 11 is 0. The maximum absolute atomic E-state index is 12.0. The van der Waals surface area contributed by atoms with Crippen molar-refractivity contribution in [1.82, 2.24) is 15.3 Å². The minimum Gasteiger partial charge on any atom is -0.497 e. The number of nitrogens with zero attached hydrogens (tertiary/aromatic N) is 3. The molecule has 3 N–H and O–H groups in total. The van der Waals surface area contributed by atoms with Gasteiger partial charge in [-0.1, -0.05) is 6.07 Å². The molecule has 0 atom stereocenters. The van der Waals surface area contributed by atoms with Crippen LogP contribution in [0, 0.1) is 6.92 Å². The lowest BCUT2D eigenvalue weighted by molar-refractivity contribution is 0.252. The molecule has 2 heterocycles. The van der Waals surface area contributed by atoms with Gasteiger partial charge >= 0.3 is 6.03 Å². The molecule has 0 aliphatic carbocycles. The molecule has 1 fully saturated rings. The number of carbonyl (C=O) groups is 1. The number of benzene rings is 1. The molecule has 2 amide bonds. The number of piperidine rings is 1. The maximum atomic E-state index is 12.0. The van der Waals surface area contributed by atoms with Crippen LogP contribution in [0.5, 0.6) is 5.75 Å². The number of anilines is 3. The van der Waals surface area contributed by atoms with Gasteiger partial charge in [-0.25, -0.2) is 14.8 Å². The van der Waals surface area contributed by atoms with Crippen LogP contribution in [-0.2, 0) is 0 Å². The second-order valence-corrected chi connectivity index (χ2v) is 6.75. The van der Waals surface area contributed by atoms with Gasteiger partial charge in [0.05, 0.1) is 7.11 Å². The van der Waals surface area contributed by atoms with E-state index in [-0.39, 0.29) is 6.03 Å². The third kappa shape index (κ3) is 5.73. The fourth-order valence-corrected chi connectivity index (χ4v) is 3.17. The Hall–Kier alpha value is -3.03. The number of carbonyl (C=O) groups excluding carboxylic acids is 1. The van der Waals surface area contributed by atoms with Crippen LogP contribution < -0.4 is 25.6 Å². The highest BCUT2D eigenvalue weighted by molar-refractivity contribution is 5.89. The number of ether oxygens (including phenoxy) is 1. The van der Waals surface area contributed by atoms with Gasteiger partial charge < -0.3 is 25.6 Å². The molecule has 0 unspecified atom stereocenters. The zero-order valence-corrected chi connectivity index (χ0v) is 16.5. The van der Waals surface area contributed by atoms with E-state index in [0.717, 1.165) is 30.5 Å². The average Bonchev–Trinajstić information content (AvgIpc) is 2.71. The van der Waals surface area contributed by atoms with Crippen molar-refractivity contribution in [3.8, 4) is 5.75 Å². The minimum atomic E-state index is -0.261. The standard InChI is InChI=1S/C20H28N6O2/c1-15-23-18(14-19(24-15)26-11-4-3-5-12-26)21-9-10-22-20(27)25-16-7-6-8-17(13-16)28-2/h6-8,13-14H,3-5,9-12H2,1-2H3,(H,21,23,24)(H2,22,25,27). The molecule has 0 spiro atoms. The fraction of sp³-hybridized carbons (Fsp3) is 0.450. The Morgan fingerprint density at radius 1 is 1.14 bits per heavy atom. The van der Waals surface area contributed by atoms with Crippen LogP contribution in [0.4, 0.5) is 22.1 Å². The number of methoxy groups -OCH3 is 1. The molecule has 1 aliphatic heterocycles. The zero-order valence-electron chi connectivity index (χ0n) is 16.5. The van der Waals surface area contributed by atoms with E-state index in [1.807, 2.05) is 31.2 Å². The van der Waals surface area contributed by atoms with E-state index < -0.39 is 0 Å². The third-order valence-electron chi connectivity index (χ3n) is 4.55. The summed E-state index contributed by atoms with van der Waals surface area (Å²) in [6, 6.07) is 8.95. The van der Waals surface area contributed by atoms with Crippen molar-refractivity contribution >= 4 is 23.4 Å². The van der Waals surface area contributed by atoms with Crippen LogP contribution >= 0.6 is 0 Å². The van der Waals surface area contributed by atoms with Crippen LogP contribution in [0.2, 0.25) is 0 Å². The fourth-order valence-electron chi connectivity index (χ4n) is 3.17. The molecule has 2 aromatic rings. The van der Waals surface area contributed by atoms with Crippen molar-refractivity contribution in [2.75, 3.05) is 48.8 Å². The van der Waals surface area contributed by atoms with Crippen molar-refractivity contribution in [2.24, 2.45) is 0 Å². The van der Waals surface area contributed by atoms with Crippen LogP contribution in [0.25, 0.3) is 0 Å². The summed E-state index contributed by atoms with van der Waals surface area (Å²) < 4.78 is 5.15. The number of nitrogens with one attached hydrogen (secondary N) is 3. The lowest BCUT2D eigenvalue weighted by atomic mass is 10.1. The Labute approximate surface area is 165 Å². The van der Waals surface area contributed by atoms with Gasteiger partial charge in [-0.3, -0.25) is 0 Å². The number of hydrogen-bond acceptors (Lipinski definition) is 6. The Morgan fingerprint density at radius 3 is 2.75 bits per heavy atom. The van der Waals surface area contributed by atoms with E-state index in [0.29, 0.717) is 24.5 Å². The van der Waals surface area contributed by atoms with Gasteiger partial charge in [0.15, 0.2) is 0 Å². The molecule has 28 heavy (non-hydrogen) atoms. The Bertz CT molecular complexity index is 792. The van der Waals surface area contributed by atoms with Crippen LogP contribution in [0.1, 0.15) is 25.1 Å². The first-order valence-electron chi connectivity index (χ1n) is 9.67. The number of aryl methyl sites for hydroxylation is 1. The van der Waals surface area contributed by atoms with Gasteiger partial charge in [-0.15, -0.1) is 0 Å². The molecule has 150 valence electrons. The molecule has 1 aromatic carbocycles.